The van der Waals surface area contributed by atoms with Gasteiger partial charge in [-0.15, -0.1) is 0 Å². The number of fused-ring (bicyclic) bond motifs is 4. The topological polar surface area (TPSA) is 46.2 Å². The number of ether oxygens (including phenoxy) is 5. The molecule has 1 saturated heterocycles. The first kappa shape index (κ1) is 14.8. The third-order valence-corrected chi connectivity index (χ3v) is 5.93. The molecule has 0 amide bonds. The summed E-state index contributed by atoms with van der Waals surface area (Å²) in [4.78, 5) is 0. The maximum absolute atomic E-state index is 6.64. The lowest BCUT2D eigenvalue weighted by molar-refractivity contribution is -0.178. The molecule has 0 radical (unpaired) electrons. The summed E-state index contributed by atoms with van der Waals surface area (Å²) in [5.41, 5.74) is 2.52. The number of rotatable bonds is 2. The molecule has 0 unspecified atom stereocenters. The number of methoxy groups -OCH3 is 2. The molecule has 128 valence electrons. The van der Waals surface area contributed by atoms with E-state index in [0.29, 0.717) is 13.2 Å². The third-order valence-electron chi connectivity index (χ3n) is 5.93. The van der Waals surface area contributed by atoms with Gasteiger partial charge in [-0.2, -0.15) is 0 Å². The van der Waals surface area contributed by atoms with Crippen molar-refractivity contribution >= 4 is 0 Å². The van der Waals surface area contributed by atoms with Gasteiger partial charge < -0.3 is 23.7 Å². The van der Waals surface area contributed by atoms with Crippen molar-refractivity contribution in [3.63, 3.8) is 0 Å². The molecule has 2 fully saturated rings. The largest absolute Gasteiger partial charge is 0.493 e. The Morgan fingerprint density at radius 3 is 2.29 bits per heavy atom. The zero-order chi connectivity index (χ0) is 16.6. The van der Waals surface area contributed by atoms with Crippen molar-refractivity contribution in [1.82, 2.24) is 0 Å². The van der Waals surface area contributed by atoms with E-state index in [2.05, 4.69) is 19.1 Å². The SMILES string of the molecule is COc1cc2c(cc1OC)[C@]1(C)C=C3C4(CCC[C@]32O1)OCCO4. The van der Waals surface area contributed by atoms with Crippen molar-refractivity contribution in [2.45, 2.75) is 43.2 Å². The van der Waals surface area contributed by atoms with Crippen LogP contribution in [0.2, 0.25) is 0 Å². The molecule has 2 spiro atoms. The molecule has 2 atom stereocenters. The monoisotopic (exact) mass is 330 g/mol. The Kier molecular flexibility index (Phi) is 2.79. The lowest BCUT2D eigenvalue weighted by Gasteiger charge is -2.43. The van der Waals surface area contributed by atoms with Crippen LogP contribution in [0.1, 0.15) is 37.3 Å². The molecule has 1 aromatic rings. The molecular formula is C19H22O5. The molecule has 0 N–H and O–H groups in total. The summed E-state index contributed by atoms with van der Waals surface area (Å²) >= 11 is 0. The van der Waals surface area contributed by atoms with Crippen LogP contribution in [0, 0.1) is 0 Å². The van der Waals surface area contributed by atoms with E-state index >= 15 is 0 Å². The molecule has 1 aliphatic carbocycles. The lowest BCUT2D eigenvalue weighted by Crippen LogP contribution is -2.46. The highest BCUT2D eigenvalue weighted by Gasteiger charge is 2.65. The van der Waals surface area contributed by atoms with E-state index in [1.165, 1.54) is 5.56 Å². The highest BCUT2D eigenvalue weighted by molar-refractivity contribution is 5.62. The second-order valence-electron chi connectivity index (χ2n) is 7.15. The van der Waals surface area contributed by atoms with Gasteiger partial charge in [0.25, 0.3) is 0 Å². The van der Waals surface area contributed by atoms with Crippen LogP contribution in [0.25, 0.3) is 0 Å². The summed E-state index contributed by atoms with van der Waals surface area (Å²) in [6.45, 7) is 3.40. The predicted molar refractivity (Wildman–Crippen MR) is 86.2 cm³/mol. The molecule has 24 heavy (non-hydrogen) atoms. The Morgan fingerprint density at radius 2 is 1.62 bits per heavy atom. The van der Waals surface area contributed by atoms with Gasteiger partial charge in [-0.05, 0) is 49.1 Å². The molecule has 2 bridgehead atoms. The van der Waals surface area contributed by atoms with Gasteiger partial charge in [0, 0.05) is 12.0 Å². The van der Waals surface area contributed by atoms with Crippen LogP contribution in [0.15, 0.2) is 23.8 Å². The fourth-order valence-electron chi connectivity index (χ4n) is 4.99. The van der Waals surface area contributed by atoms with E-state index in [4.69, 9.17) is 23.7 Å². The van der Waals surface area contributed by atoms with Crippen molar-refractivity contribution in [3.8, 4) is 11.5 Å². The summed E-state index contributed by atoms with van der Waals surface area (Å²) in [7, 11) is 3.33. The third kappa shape index (κ3) is 1.56. The maximum Gasteiger partial charge on any atom is 0.194 e. The first-order chi connectivity index (χ1) is 11.6. The quantitative estimate of drug-likeness (QED) is 0.780. The number of hydrogen-bond donors (Lipinski definition) is 0. The standard InChI is InChI=1S/C19H22O5/c1-17-11-16-18(24-17,5-4-6-19(16)22-7-8-23-19)13-10-15(21-3)14(20-2)9-12(13)17/h9-11H,4-8H2,1-3H3/t17-,18+/m0/s1. The lowest BCUT2D eigenvalue weighted by atomic mass is 9.68. The molecule has 5 rings (SSSR count). The predicted octanol–water partition coefficient (Wildman–Crippen LogP) is 3.01. The van der Waals surface area contributed by atoms with Crippen LogP contribution < -0.4 is 9.47 Å². The summed E-state index contributed by atoms with van der Waals surface area (Å²) < 4.78 is 29.8. The van der Waals surface area contributed by atoms with Gasteiger partial charge in [-0.1, -0.05) is 0 Å². The zero-order valence-electron chi connectivity index (χ0n) is 14.3. The van der Waals surface area contributed by atoms with E-state index < -0.39 is 17.0 Å². The van der Waals surface area contributed by atoms with E-state index in [0.717, 1.165) is 41.9 Å². The Morgan fingerprint density at radius 1 is 0.958 bits per heavy atom. The molecule has 5 heteroatoms. The molecule has 5 nitrogen and oxygen atoms in total. The normalized spacial score (nSPS) is 34.9. The van der Waals surface area contributed by atoms with E-state index in [1.807, 2.05) is 6.07 Å². The van der Waals surface area contributed by atoms with Gasteiger partial charge in [-0.3, -0.25) is 0 Å². The smallest absolute Gasteiger partial charge is 0.194 e. The number of benzene rings is 1. The Hall–Kier alpha value is -1.56. The second kappa shape index (κ2) is 4.54. The van der Waals surface area contributed by atoms with Crippen LogP contribution in [0.3, 0.4) is 0 Å². The summed E-state index contributed by atoms with van der Waals surface area (Å²) in [5.74, 6) is 0.859. The summed E-state index contributed by atoms with van der Waals surface area (Å²) in [6.07, 6.45) is 5.04. The average Bonchev–Trinajstić information content (AvgIpc) is 3.23. The van der Waals surface area contributed by atoms with Crippen LogP contribution in [-0.2, 0) is 25.4 Å². The van der Waals surface area contributed by atoms with Gasteiger partial charge in [0.05, 0.1) is 27.4 Å². The van der Waals surface area contributed by atoms with Crippen molar-refractivity contribution < 1.29 is 23.7 Å². The van der Waals surface area contributed by atoms with Crippen LogP contribution >= 0.6 is 0 Å². The van der Waals surface area contributed by atoms with E-state index in [1.54, 1.807) is 14.2 Å². The fourth-order valence-corrected chi connectivity index (χ4v) is 4.99. The minimum atomic E-state index is -0.610. The maximum atomic E-state index is 6.64. The fraction of sp³-hybridized carbons (Fsp3) is 0.579. The summed E-state index contributed by atoms with van der Waals surface area (Å²) in [5, 5.41) is 0. The molecule has 1 aromatic carbocycles. The van der Waals surface area contributed by atoms with E-state index in [-0.39, 0.29) is 0 Å². The van der Waals surface area contributed by atoms with Crippen LogP contribution in [-0.4, -0.2) is 33.2 Å². The van der Waals surface area contributed by atoms with Gasteiger partial charge in [0.1, 0.15) is 11.2 Å². The Bertz CT molecular complexity index is 748. The highest BCUT2D eigenvalue weighted by Crippen LogP contribution is 2.66. The first-order valence-corrected chi connectivity index (χ1v) is 8.56. The van der Waals surface area contributed by atoms with E-state index in [9.17, 15) is 0 Å². The second-order valence-corrected chi connectivity index (χ2v) is 7.15. The molecule has 1 saturated carbocycles. The van der Waals surface area contributed by atoms with Gasteiger partial charge in [-0.25, -0.2) is 0 Å². The highest BCUT2D eigenvalue weighted by atomic mass is 16.7. The zero-order valence-corrected chi connectivity index (χ0v) is 14.3. The van der Waals surface area contributed by atoms with Crippen molar-refractivity contribution in [3.05, 3.63) is 34.9 Å². The van der Waals surface area contributed by atoms with Crippen LogP contribution in [0.5, 0.6) is 11.5 Å². The Balaban J connectivity index is 1.73. The number of hydrogen-bond acceptors (Lipinski definition) is 5. The van der Waals surface area contributed by atoms with Gasteiger partial charge in [0.2, 0.25) is 0 Å². The van der Waals surface area contributed by atoms with Crippen LogP contribution in [0.4, 0.5) is 0 Å². The molecule has 3 aliphatic heterocycles. The minimum absolute atomic E-state index is 0.466. The van der Waals surface area contributed by atoms with Crippen molar-refractivity contribution in [2.24, 2.45) is 0 Å². The minimum Gasteiger partial charge on any atom is -0.493 e. The first-order valence-electron chi connectivity index (χ1n) is 8.56. The molecule has 3 heterocycles. The molecular weight excluding hydrogens is 308 g/mol. The summed E-state index contributed by atoms with van der Waals surface area (Å²) in [6, 6.07) is 4.12. The van der Waals surface area contributed by atoms with Crippen molar-refractivity contribution in [1.29, 1.82) is 0 Å². The van der Waals surface area contributed by atoms with Gasteiger partial charge >= 0.3 is 0 Å². The average molecular weight is 330 g/mol. The molecule has 4 aliphatic rings. The Labute approximate surface area is 141 Å². The van der Waals surface area contributed by atoms with Gasteiger partial charge in [0.15, 0.2) is 17.3 Å². The molecule has 0 aromatic heterocycles. The van der Waals surface area contributed by atoms with Crippen molar-refractivity contribution in [2.75, 3.05) is 27.4 Å².